The first-order valence-corrected chi connectivity index (χ1v) is 7.07. The maximum atomic E-state index is 10.1. The van der Waals surface area contributed by atoms with E-state index in [1.807, 2.05) is 0 Å². The zero-order valence-electron chi connectivity index (χ0n) is 12.5. The van der Waals surface area contributed by atoms with E-state index in [1.54, 1.807) is 19.1 Å². The minimum Gasteiger partial charge on any atom is -0.508 e. The molecule has 0 radical (unpaired) electrons. The molecule has 0 bridgehead atoms. The lowest BCUT2D eigenvalue weighted by molar-refractivity contribution is -0.314. The number of benzene rings is 1. The number of aromatic hydroxyl groups is 1. The number of aliphatic hydroxyl groups excluding tert-OH is 3. The molecule has 0 aliphatic carbocycles. The van der Waals surface area contributed by atoms with Crippen LogP contribution in [0.25, 0.3) is 0 Å². The molecule has 1 aliphatic rings. The number of methoxy groups -OCH3 is 1. The molecule has 0 saturated carbocycles. The molecule has 124 valence electrons. The first kappa shape index (κ1) is 17.1. The van der Waals surface area contributed by atoms with Crippen LogP contribution in [0, 0.1) is 0 Å². The summed E-state index contributed by atoms with van der Waals surface area (Å²) in [5.41, 5.74) is 0.775. The van der Waals surface area contributed by atoms with Gasteiger partial charge in [-0.2, -0.15) is 0 Å². The van der Waals surface area contributed by atoms with E-state index in [1.165, 1.54) is 19.2 Å². The lowest BCUT2D eigenvalue weighted by Gasteiger charge is -2.42. The van der Waals surface area contributed by atoms with E-state index in [2.05, 4.69) is 0 Å². The third-order valence-electron chi connectivity index (χ3n) is 3.79. The Labute approximate surface area is 128 Å². The first-order valence-electron chi connectivity index (χ1n) is 7.07. The van der Waals surface area contributed by atoms with Crippen LogP contribution in [-0.4, -0.2) is 64.8 Å². The second kappa shape index (κ2) is 7.36. The first-order chi connectivity index (χ1) is 10.5. The average Bonchev–Trinajstić information content (AvgIpc) is 2.52. The minimum absolute atomic E-state index is 0.142. The summed E-state index contributed by atoms with van der Waals surface area (Å²) in [4.78, 5) is 0. The van der Waals surface area contributed by atoms with Crippen molar-refractivity contribution in [2.45, 2.75) is 43.7 Å². The fourth-order valence-corrected chi connectivity index (χ4v) is 2.48. The molecule has 1 heterocycles. The monoisotopic (exact) mass is 314 g/mol. The van der Waals surface area contributed by atoms with Gasteiger partial charge in [0.1, 0.15) is 30.2 Å². The van der Waals surface area contributed by atoms with Gasteiger partial charge < -0.3 is 34.6 Å². The summed E-state index contributed by atoms with van der Waals surface area (Å²) in [6, 6.07) is 6.43. The van der Waals surface area contributed by atoms with Gasteiger partial charge in [0, 0.05) is 7.11 Å². The summed E-state index contributed by atoms with van der Waals surface area (Å²) in [5.74, 6) is 0.142. The summed E-state index contributed by atoms with van der Waals surface area (Å²) in [6.45, 7) is 1.39. The van der Waals surface area contributed by atoms with Crippen molar-refractivity contribution in [3.8, 4) is 5.75 Å². The quantitative estimate of drug-likeness (QED) is 0.602. The third kappa shape index (κ3) is 3.57. The summed E-state index contributed by atoms with van der Waals surface area (Å²) < 4.78 is 16.2. The SMILES string of the molecule is CO[C@H]1[C@H](O)[C@@H](O)[C@H](OC(C)c2ccc(O)cc2)O[C@@H]1CO. The number of hydrogen-bond acceptors (Lipinski definition) is 7. The second-order valence-electron chi connectivity index (χ2n) is 5.28. The zero-order chi connectivity index (χ0) is 16.3. The van der Waals surface area contributed by atoms with Crippen LogP contribution in [0.15, 0.2) is 24.3 Å². The molecule has 22 heavy (non-hydrogen) atoms. The molecule has 0 spiro atoms. The smallest absolute Gasteiger partial charge is 0.187 e. The standard InChI is InChI=1S/C15H22O7/c1-8(9-3-5-10(17)6-4-9)21-15-13(19)12(18)14(20-2)11(7-16)22-15/h3-6,8,11-19H,7H2,1-2H3/t8?,11-,12-,13-,14-,15-/m1/s1. The molecule has 1 fully saturated rings. The molecule has 6 atom stereocenters. The van der Waals surface area contributed by atoms with Gasteiger partial charge in [0.25, 0.3) is 0 Å². The summed E-state index contributed by atoms with van der Waals surface area (Å²) in [6.07, 6.45) is -5.68. The molecule has 1 unspecified atom stereocenters. The van der Waals surface area contributed by atoms with E-state index < -0.39 is 36.8 Å². The highest BCUT2D eigenvalue weighted by Crippen LogP contribution is 2.28. The predicted octanol–water partition coefficient (Wildman–Crippen LogP) is -0.0762. The maximum absolute atomic E-state index is 10.1. The van der Waals surface area contributed by atoms with Crippen molar-refractivity contribution >= 4 is 0 Å². The molecular weight excluding hydrogens is 292 g/mol. The van der Waals surface area contributed by atoms with E-state index >= 15 is 0 Å². The topological polar surface area (TPSA) is 109 Å². The second-order valence-corrected chi connectivity index (χ2v) is 5.28. The highest BCUT2D eigenvalue weighted by Gasteiger charge is 2.45. The summed E-state index contributed by atoms with van der Waals surface area (Å²) in [7, 11) is 1.37. The lowest BCUT2D eigenvalue weighted by atomic mass is 9.99. The molecule has 4 N–H and O–H groups in total. The highest BCUT2D eigenvalue weighted by atomic mass is 16.7. The van der Waals surface area contributed by atoms with Crippen molar-refractivity contribution in [3.63, 3.8) is 0 Å². The van der Waals surface area contributed by atoms with Crippen LogP contribution in [0.3, 0.4) is 0 Å². The van der Waals surface area contributed by atoms with E-state index in [0.29, 0.717) is 0 Å². The van der Waals surface area contributed by atoms with Gasteiger partial charge in [-0.15, -0.1) is 0 Å². The number of ether oxygens (including phenoxy) is 3. The van der Waals surface area contributed by atoms with Gasteiger partial charge in [-0.25, -0.2) is 0 Å². The maximum Gasteiger partial charge on any atom is 0.187 e. The number of phenols is 1. The van der Waals surface area contributed by atoms with E-state index in [-0.39, 0.29) is 12.4 Å². The van der Waals surface area contributed by atoms with Crippen LogP contribution < -0.4 is 0 Å². The van der Waals surface area contributed by atoms with Crippen molar-refractivity contribution in [2.75, 3.05) is 13.7 Å². The molecular formula is C15H22O7. The highest BCUT2D eigenvalue weighted by molar-refractivity contribution is 5.27. The van der Waals surface area contributed by atoms with Crippen LogP contribution in [-0.2, 0) is 14.2 Å². The zero-order valence-corrected chi connectivity index (χ0v) is 12.5. The Kier molecular flexibility index (Phi) is 5.74. The minimum atomic E-state index is -1.30. The molecule has 1 aliphatic heterocycles. The Bertz CT molecular complexity index is 461. The average molecular weight is 314 g/mol. The lowest BCUT2D eigenvalue weighted by Crippen LogP contribution is -2.59. The van der Waals surface area contributed by atoms with Gasteiger partial charge in [0.15, 0.2) is 6.29 Å². The Balaban J connectivity index is 2.06. The molecule has 7 nitrogen and oxygen atoms in total. The third-order valence-corrected chi connectivity index (χ3v) is 3.79. The summed E-state index contributed by atoms with van der Waals surface area (Å²) in [5, 5.41) is 38.7. The molecule has 0 aromatic heterocycles. The van der Waals surface area contributed by atoms with Crippen molar-refractivity contribution in [2.24, 2.45) is 0 Å². The van der Waals surface area contributed by atoms with Crippen LogP contribution in [0.1, 0.15) is 18.6 Å². The number of phenolic OH excluding ortho intramolecular Hbond substituents is 1. The Morgan fingerprint density at radius 2 is 1.82 bits per heavy atom. The van der Waals surface area contributed by atoms with Crippen molar-refractivity contribution in [1.82, 2.24) is 0 Å². The van der Waals surface area contributed by atoms with E-state index in [9.17, 15) is 20.4 Å². The van der Waals surface area contributed by atoms with Gasteiger partial charge in [-0.05, 0) is 24.6 Å². The van der Waals surface area contributed by atoms with Gasteiger partial charge in [-0.1, -0.05) is 12.1 Å². The molecule has 1 aromatic rings. The van der Waals surface area contributed by atoms with Crippen molar-refractivity contribution < 1.29 is 34.6 Å². The predicted molar refractivity (Wildman–Crippen MR) is 76.2 cm³/mol. The molecule has 1 saturated heterocycles. The molecule has 2 rings (SSSR count). The van der Waals surface area contributed by atoms with Gasteiger partial charge >= 0.3 is 0 Å². The summed E-state index contributed by atoms with van der Waals surface area (Å²) >= 11 is 0. The number of aliphatic hydroxyl groups is 3. The Morgan fingerprint density at radius 1 is 1.18 bits per heavy atom. The van der Waals surface area contributed by atoms with E-state index in [4.69, 9.17) is 14.2 Å². The van der Waals surface area contributed by atoms with Crippen LogP contribution in [0.2, 0.25) is 0 Å². The van der Waals surface area contributed by atoms with Gasteiger partial charge in [0.2, 0.25) is 0 Å². The number of rotatable bonds is 5. The Morgan fingerprint density at radius 3 is 2.36 bits per heavy atom. The van der Waals surface area contributed by atoms with Crippen LogP contribution >= 0.6 is 0 Å². The van der Waals surface area contributed by atoms with E-state index in [0.717, 1.165) is 5.56 Å². The van der Waals surface area contributed by atoms with Crippen LogP contribution in [0.5, 0.6) is 5.75 Å². The fraction of sp³-hybridized carbons (Fsp3) is 0.600. The molecule has 0 amide bonds. The van der Waals surface area contributed by atoms with Gasteiger partial charge in [-0.3, -0.25) is 0 Å². The van der Waals surface area contributed by atoms with Crippen molar-refractivity contribution in [3.05, 3.63) is 29.8 Å². The Hall–Kier alpha value is -1.22. The molecule has 7 heteroatoms. The van der Waals surface area contributed by atoms with Crippen molar-refractivity contribution in [1.29, 1.82) is 0 Å². The van der Waals surface area contributed by atoms with Gasteiger partial charge in [0.05, 0.1) is 12.7 Å². The number of hydrogen-bond donors (Lipinski definition) is 4. The fourth-order valence-electron chi connectivity index (χ4n) is 2.48. The largest absolute Gasteiger partial charge is 0.508 e. The molecule has 1 aromatic carbocycles. The van der Waals surface area contributed by atoms with Crippen LogP contribution in [0.4, 0.5) is 0 Å². The normalized spacial score (nSPS) is 33.6.